The molecule has 2 fully saturated rings. The number of sulfonamides is 1. The van der Waals surface area contributed by atoms with Crippen LogP contribution >= 0.6 is 0 Å². The van der Waals surface area contributed by atoms with Crippen molar-refractivity contribution >= 4 is 39.1 Å². The van der Waals surface area contributed by atoms with Crippen LogP contribution in [0.1, 0.15) is 30.9 Å². The van der Waals surface area contributed by atoms with Gasteiger partial charge in [-0.2, -0.15) is 4.31 Å². The number of aliphatic hydroxyl groups is 1. The molecule has 1 unspecified atom stereocenters. The molecule has 42 heavy (non-hydrogen) atoms. The molecule has 5 rings (SSSR count). The van der Waals surface area contributed by atoms with Crippen LogP contribution < -0.4 is 4.90 Å². The number of anilines is 1. The van der Waals surface area contributed by atoms with E-state index in [1.54, 1.807) is 29.2 Å². The molecule has 3 heterocycles. The van der Waals surface area contributed by atoms with Crippen LogP contribution in [0.5, 0.6) is 0 Å². The molecule has 0 saturated carbocycles. The number of nitrogens with zero attached hydrogens (tertiary/aromatic N) is 4. The van der Waals surface area contributed by atoms with Gasteiger partial charge in [-0.3, -0.25) is 14.4 Å². The number of carbonyl (C=O) groups is 3. The van der Waals surface area contributed by atoms with E-state index in [1.165, 1.54) is 33.5 Å². The lowest BCUT2D eigenvalue weighted by Gasteiger charge is -2.34. The van der Waals surface area contributed by atoms with Crippen LogP contribution in [0.25, 0.3) is 5.76 Å². The molecule has 0 aliphatic carbocycles. The van der Waals surface area contributed by atoms with Gasteiger partial charge in [-0.15, -0.1) is 0 Å². The third-order valence-corrected chi connectivity index (χ3v) is 9.89. The molecule has 12 heteroatoms. The van der Waals surface area contributed by atoms with Gasteiger partial charge in [-0.05, 0) is 63.8 Å². The Balaban J connectivity index is 1.65. The number of carbonyl (C=O) groups excluding carboxylic acids is 3. The molecule has 2 aromatic rings. The second-order valence-electron chi connectivity index (χ2n) is 10.9. The SMILES string of the molecule is CCCN1C(=O)C2(/C(=C(/O)c3ccc(S(=O)(=O)N4CCOCC4)cc3)C(=O)C(=O)N2CCCN(C)C)c2ccccc21. The summed E-state index contributed by atoms with van der Waals surface area (Å²) in [6.07, 6.45) is 1.14. The number of para-hydroxylation sites is 1. The average molecular weight is 597 g/mol. The summed E-state index contributed by atoms with van der Waals surface area (Å²) in [5.41, 5.74) is -0.977. The van der Waals surface area contributed by atoms with Gasteiger partial charge in [0, 0.05) is 37.3 Å². The van der Waals surface area contributed by atoms with Crippen molar-refractivity contribution < 1.29 is 32.6 Å². The third-order valence-electron chi connectivity index (χ3n) is 7.98. The number of aliphatic hydroxyl groups excluding tert-OH is 1. The summed E-state index contributed by atoms with van der Waals surface area (Å²) in [7, 11) is -0.00284. The Labute approximate surface area is 246 Å². The quantitative estimate of drug-likeness (QED) is 0.265. The minimum Gasteiger partial charge on any atom is -0.507 e. The van der Waals surface area contributed by atoms with E-state index < -0.39 is 38.9 Å². The van der Waals surface area contributed by atoms with E-state index in [1.807, 2.05) is 25.9 Å². The minimum atomic E-state index is -3.79. The summed E-state index contributed by atoms with van der Waals surface area (Å²) >= 11 is 0. The fourth-order valence-electron chi connectivity index (χ4n) is 6.02. The summed E-state index contributed by atoms with van der Waals surface area (Å²) in [5, 5.41) is 11.7. The first-order chi connectivity index (χ1) is 20.1. The van der Waals surface area contributed by atoms with E-state index in [0.717, 1.165) is 0 Å². The number of ketones is 1. The smallest absolute Gasteiger partial charge is 0.296 e. The second-order valence-corrected chi connectivity index (χ2v) is 12.8. The van der Waals surface area contributed by atoms with Crippen molar-refractivity contribution in [3.8, 4) is 0 Å². The number of fused-ring (bicyclic) bond motifs is 2. The van der Waals surface area contributed by atoms with Gasteiger partial charge in [0.25, 0.3) is 17.6 Å². The normalized spacial score (nSPS) is 22.5. The van der Waals surface area contributed by atoms with E-state index >= 15 is 0 Å². The summed E-state index contributed by atoms with van der Waals surface area (Å²) in [6, 6.07) is 12.5. The monoisotopic (exact) mass is 596 g/mol. The largest absolute Gasteiger partial charge is 0.507 e. The molecule has 3 aliphatic heterocycles. The van der Waals surface area contributed by atoms with Crippen LogP contribution in [0.15, 0.2) is 59.0 Å². The molecular weight excluding hydrogens is 560 g/mol. The van der Waals surface area contributed by atoms with Gasteiger partial charge < -0.3 is 24.5 Å². The molecule has 11 nitrogen and oxygen atoms in total. The third kappa shape index (κ3) is 4.72. The predicted octanol–water partition coefficient (Wildman–Crippen LogP) is 1.99. The lowest BCUT2D eigenvalue weighted by atomic mass is 9.82. The number of hydrogen-bond donors (Lipinski definition) is 1. The van der Waals surface area contributed by atoms with E-state index in [0.29, 0.717) is 50.4 Å². The Kier molecular flexibility index (Phi) is 8.26. The van der Waals surface area contributed by atoms with Crippen LogP contribution in [0.2, 0.25) is 0 Å². The summed E-state index contributed by atoms with van der Waals surface area (Å²) in [4.78, 5) is 46.6. The number of amides is 2. The molecule has 0 bridgehead atoms. The molecule has 3 aliphatic rings. The van der Waals surface area contributed by atoms with E-state index in [9.17, 15) is 27.9 Å². The number of likely N-dealkylation sites (tertiary alicyclic amines) is 1. The molecule has 0 radical (unpaired) electrons. The molecule has 2 aromatic carbocycles. The fourth-order valence-corrected chi connectivity index (χ4v) is 7.43. The van der Waals surface area contributed by atoms with Crippen molar-refractivity contribution in [3.05, 3.63) is 65.2 Å². The van der Waals surface area contributed by atoms with Crippen molar-refractivity contribution in [2.45, 2.75) is 30.2 Å². The molecule has 1 atom stereocenters. The zero-order valence-electron chi connectivity index (χ0n) is 24.1. The summed E-state index contributed by atoms with van der Waals surface area (Å²) in [5.74, 6) is -2.81. The second kappa shape index (κ2) is 11.6. The Bertz CT molecular complexity index is 1530. The van der Waals surface area contributed by atoms with Crippen molar-refractivity contribution in [2.75, 3.05) is 64.9 Å². The van der Waals surface area contributed by atoms with Gasteiger partial charge >= 0.3 is 0 Å². The van der Waals surface area contributed by atoms with Crippen LogP contribution in [0.4, 0.5) is 5.69 Å². The highest BCUT2D eigenvalue weighted by atomic mass is 32.2. The molecule has 2 saturated heterocycles. The Hall–Kier alpha value is -3.58. The van der Waals surface area contributed by atoms with E-state index in [2.05, 4.69) is 0 Å². The molecule has 2 amide bonds. The van der Waals surface area contributed by atoms with Gasteiger partial charge in [0.05, 0.1) is 29.4 Å². The number of hydrogen-bond acceptors (Lipinski definition) is 8. The summed E-state index contributed by atoms with van der Waals surface area (Å²) < 4.78 is 32.9. The van der Waals surface area contributed by atoms with E-state index in [-0.39, 0.29) is 35.7 Å². The molecule has 0 aromatic heterocycles. The van der Waals surface area contributed by atoms with Crippen LogP contribution in [-0.2, 0) is 34.7 Å². The standard InChI is InChI=1S/C30H36N4O7S/c1-4-14-33-24-9-6-5-8-23(24)30(29(33)38)25(27(36)28(37)34(30)16-7-15-31(2)3)26(35)21-10-12-22(13-11-21)42(39,40)32-17-19-41-20-18-32/h5-6,8-13,35H,4,7,14-20H2,1-3H3/b26-25+. The highest BCUT2D eigenvalue weighted by molar-refractivity contribution is 7.89. The maximum Gasteiger partial charge on any atom is 0.296 e. The Morgan fingerprint density at radius 3 is 2.31 bits per heavy atom. The zero-order chi connectivity index (χ0) is 30.2. The van der Waals surface area contributed by atoms with Crippen LogP contribution in [0, 0.1) is 0 Å². The van der Waals surface area contributed by atoms with Crippen molar-refractivity contribution in [1.82, 2.24) is 14.1 Å². The van der Waals surface area contributed by atoms with Gasteiger partial charge in [0.15, 0.2) is 5.54 Å². The predicted molar refractivity (Wildman–Crippen MR) is 156 cm³/mol. The Morgan fingerprint density at radius 2 is 1.67 bits per heavy atom. The maximum absolute atomic E-state index is 14.4. The molecule has 1 spiro atoms. The maximum atomic E-state index is 14.4. The van der Waals surface area contributed by atoms with Gasteiger partial charge in [-0.25, -0.2) is 8.42 Å². The molecule has 1 N–H and O–H groups in total. The first-order valence-corrected chi connectivity index (χ1v) is 15.5. The van der Waals surface area contributed by atoms with Gasteiger partial charge in [-0.1, -0.05) is 25.1 Å². The van der Waals surface area contributed by atoms with Crippen molar-refractivity contribution in [3.63, 3.8) is 0 Å². The topological polar surface area (TPSA) is 128 Å². The van der Waals surface area contributed by atoms with Crippen molar-refractivity contribution in [1.29, 1.82) is 0 Å². The lowest BCUT2D eigenvalue weighted by molar-refractivity contribution is -0.143. The highest BCUT2D eigenvalue weighted by Gasteiger charge is 2.66. The Morgan fingerprint density at radius 1 is 1.00 bits per heavy atom. The molecule has 224 valence electrons. The fraction of sp³-hybridized carbons (Fsp3) is 0.433. The van der Waals surface area contributed by atoms with Gasteiger partial charge in [0.1, 0.15) is 5.76 Å². The van der Waals surface area contributed by atoms with Crippen LogP contribution in [-0.4, -0.2) is 105 Å². The zero-order valence-corrected chi connectivity index (χ0v) is 24.9. The van der Waals surface area contributed by atoms with Gasteiger partial charge in [0.2, 0.25) is 10.0 Å². The number of ether oxygens (including phenoxy) is 1. The number of benzene rings is 2. The minimum absolute atomic E-state index is 0.0243. The van der Waals surface area contributed by atoms with Crippen molar-refractivity contribution in [2.24, 2.45) is 0 Å². The first kappa shape index (κ1) is 29.9. The number of Topliss-reactive ketones (excluding diaryl/α,β-unsaturated/α-hetero) is 1. The molecular formula is C30H36N4O7S. The van der Waals surface area contributed by atoms with Crippen LogP contribution in [0.3, 0.4) is 0 Å². The average Bonchev–Trinajstić information content (AvgIpc) is 3.36. The van der Waals surface area contributed by atoms with E-state index in [4.69, 9.17) is 4.74 Å². The highest BCUT2D eigenvalue weighted by Crippen LogP contribution is 2.53. The summed E-state index contributed by atoms with van der Waals surface area (Å²) in [6.45, 7) is 4.12. The lowest BCUT2D eigenvalue weighted by Crippen LogP contribution is -2.52. The number of morpholine rings is 1. The number of rotatable bonds is 9. The first-order valence-electron chi connectivity index (χ1n) is 14.1.